The Morgan fingerprint density at radius 2 is 1.67 bits per heavy atom. The number of fused-ring (bicyclic) bond motifs is 1. The summed E-state index contributed by atoms with van der Waals surface area (Å²) in [6, 6.07) is 4.71. The lowest BCUT2D eigenvalue weighted by atomic mass is 9.85. The van der Waals surface area contributed by atoms with Crippen LogP contribution in [-0.4, -0.2) is 36.7 Å². The van der Waals surface area contributed by atoms with Crippen LogP contribution in [-0.2, 0) is 10.2 Å². The van der Waals surface area contributed by atoms with Gasteiger partial charge in [0.2, 0.25) is 0 Å². The van der Waals surface area contributed by atoms with Crippen molar-refractivity contribution in [2.24, 2.45) is 0 Å². The highest BCUT2D eigenvalue weighted by molar-refractivity contribution is 5.95. The SMILES string of the molecule is CC.CC(C)(C)c1ccc2c(c1)OC(C(F)(F)C(F)F)C(C(=O)O)=C2.CF. The van der Waals surface area contributed by atoms with E-state index >= 15 is 0 Å². The summed E-state index contributed by atoms with van der Waals surface area (Å²) >= 11 is 0. The van der Waals surface area contributed by atoms with Gasteiger partial charge in [0.15, 0.2) is 6.10 Å². The van der Waals surface area contributed by atoms with Crippen LogP contribution >= 0.6 is 0 Å². The van der Waals surface area contributed by atoms with Gasteiger partial charge in [-0.3, -0.25) is 4.39 Å². The first-order valence-electron chi connectivity index (χ1n) is 8.24. The van der Waals surface area contributed by atoms with Gasteiger partial charge in [-0.2, -0.15) is 8.78 Å². The maximum absolute atomic E-state index is 13.7. The molecule has 1 N–H and O–H groups in total. The quantitative estimate of drug-likeness (QED) is 0.664. The van der Waals surface area contributed by atoms with Crippen molar-refractivity contribution in [1.82, 2.24) is 0 Å². The lowest BCUT2D eigenvalue weighted by Gasteiger charge is -2.31. The number of carbonyl (C=O) groups is 1. The molecule has 154 valence electrons. The van der Waals surface area contributed by atoms with Gasteiger partial charge < -0.3 is 9.84 Å². The fourth-order valence-corrected chi connectivity index (χ4v) is 2.23. The van der Waals surface area contributed by atoms with Crippen LogP contribution in [0.25, 0.3) is 6.08 Å². The van der Waals surface area contributed by atoms with E-state index in [-0.39, 0.29) is 16.7 Å². The Kier molecular flexibility index (Phi) is 8.95. The van der Waals surface area contributed by atoms with Gasteiger partial charge in [0.25, 0.3) is 0 Å². The fraction of sp³-hybridized carbons (Fsp3) is 0.526. The molecule has 2 rings (SSSR count). The zero-order chi connectivity index (χ0) is 21.6. The molecule has 0 saturated heterocycles. The third-order valence-corrected chi connectivity index (χ3v) is 3.61. The van der Waals surface area contributed by atoms with E-state index in [1.807, 2.05) is 34.6 Å². The van der Waals surface area contributed by atoms with Gasteiger partial charge in [-0.25, -0.2) is 13.6 Å². The lowest BCUT2D eigenvalue weighted by Crippen LogP contribution is -2.47. The molecule has 0 bridgehead atoms. The Hall–Kier alpha value is -2.12. The van der Waals surface area contributed by atoms with Crippen LogP contribution in [0.3, 0.4) is 0 Å². The second-order valence-electron chi connectivity index (χ2n) is 6.38. The van der Waals surface area contributed by atoms with Gasteiger partial charge >= 0.3 is 18.3 Å². The highest BCUT2D eigenvalue weighted by Crippen LogP contribution is 2.40. The molecule has 1 aromatic carbocycles. The predicted octanol–water partition coefficient (Wildman–Crippen LogP) is 5.73. The molecular weight excluding hydrogens is 371 g/mol. The van der Waals surface area contributed by atoms with Crippen molar-refractivity contribution in [2.75, 3.05) is 7.18 Å². The number of halogens is 5. The lowest BCUT2D eigenvalue weighted by molar-refractivity contribution is -0.177. The van der Waals surface area contributed by atoms with Crippen LogP contribution < -0.4 is 4.74 Å². The maximum atomic E-state index is 13.7. The van der Waals surface area contributed by atoms with Crippen molar-refractivity contribution < 1.29 is 36.6 Å². The zero-order valence-corrected chi connectivity index (χ0v) is 16.1. The normalized spacial score (nSPS) is 16.0. The first-order valence-corrected chi connectivity index (χ1v) is 8.24. The van der Waals surface area contributed by atoms with Crippen molar-refractivity contribution in [3.63, 3.8) is 0 Å². The van der Waals surface area contributed by atoms with Gasteiger partial charge in [-0.05, 0) is 23.1 Å². The largest absolute Gasteiger partial charge is 0.478 e. The van der Waals surface area contributed by atoms with E-state index in [1.165, 1.54) is 12.1 Å². The number of alkyl halides is 5. The molecule has 0 saturated carbocycles. The van der Waals surface area contributed by atoms with Gasteiger partial charge in [-0.1, -0.05) is 46.8 Å². The van der Waals surface area contributed by atoms with E-state index in [4.69, 9.17) is 9.84 Å². The highest BCUT2D eigenvalue weighted by atomic mass is 19.3. The number of benzene rings is 1. The molecule has 0 aliphatic carbocycles. The molecule has 0 radical (unpaired) electrons. The third kappa shape index (κ3) is 5.68. The molecular formula is C19H25F5O3. The van der Waals surface area contributed by atoms with E-state index in [2.05, 4.69) is 0 Å². The number of carboxylic acid groups (broad SMARTS) is 1. The van der Waals surface area contributed by atoms with Crippen LogP contribution in [0.4, 0.5) is 22.0 Å². The Morgan fingerprint density at radius 1 is 1.15 bits per heavy atom. The Labute approximate surface area is 155 Å². The van der Waals surface area contributed by atoms with Crippen LogP contribution in [0.1, 0.15) is 45.7 Å². The molecule has 8 heteroatoms. The Balaban J connectivity index is 0.00000158. The second-order valence-corrected chi connectivity index (χ2v) is 6.38. The molecule has 0 spiro atoms. The van der Waals surface area contributed by atoms with Crippen molar-refractivity contribution in [3.8, 4) is 5.75 Å². The number of hydrogen-bond donors (Lipinski definition) is 1. The molecule has 1 atom stereocenters. The predicted molar refractivity (Wildman–Crippen MR) is 94.5 cm³/mol. The van der Waals surface area contributed by atoms with Crippen molar-refractivity contribution in [1.29, 1.82) is 0 Å². The fourth-order valence-electron chi connectivity index (χ4n) is 2.23. The maximum Gasteiger partial charge on any atom is 0.347 e. The summed E-state index contributed by atoms with van der Waals surface area (Å²) in [6.07, 6.45) is -5.63. The molecule has 1 aliphatic rings. The molecule has 0 amide bonds. The summed E-state index contributed by atoms with van der Waals surface area (Å²) in [5.41, 5.74) is -0.193. The summed E-state index contributed by atoms with van der Waals surface area (Å²) in [4.78, 5) is 11.1. The smallest absolute Gasteiger partial charge is 0.347 e. The summed E-state index contributed by atoms with van der Waals surface area (Å²) in [5.74, 6) is -6.37. The van der Waals surface area contributed by atoms with Crippen LogP contribution in [0.15, 0.2) is 23.8 Å². The molecule has 0 aromatic heterocycles. The van der Waals surface area contributed by atoms with Crippen LogP contribution in [0.5, 0.6) is 5.75 Å². The minimum absolute atomic E-state index is 0.0345. The van der Waals surface area contributed by atoms with Crippen LogP contribution in [0.2, 0.25) is 0 Å². The Morgan fingerprint density at radius 3 is 2.07 bits per heavy atom. The number of ether oxygens (including phenoxy) is 1. The molecule has 1 unspecified atom stereocenters. The van der Waals surface area contributed by atoms with E-state index < -0.39 is 30.0 Å². The van der Waals surface area contributed by atoms with Gasteiger partial charge in [-0.15, -0.1) is 0 Å². The first-order chi connectivity index (χ1) is 12.4. The summed E-state index contributed by atoms with van der Waals surface area (Å²) in [6.45, 7) is 9.67. The molecule has 27 heavy (non-hydrogen) atoms. The van der Waals surface area contributed by atoms with Gasteiger partial charge in [0.1, 0.15) is 5.75 Å². The molecule has 1 aliphatic heterocycles. The van der Waals surface area contributed by atoms with Gasteiger partial charge in [0.05, 0.1) is 12.8 Å². The second kappa shape index (κ2) is 9.71. The topological polar surface area (TPSA) is 46.5 Å². The molecule has 1 aromatic rings. The van der Waals surface area contributed by atoms with Crippen molar-refractivity contribution in [2.45, 2.75) is 58.5 Å². The van der Waals surface area contributed by atoms with Crippen LogP contribution in [0, 0.1) is 0 Å². The molecule has 1 heterocycles. The first kappa shape index (κ1) is 24.9. The number of rotatable bonds is 3. The highest BCUT2D eigenvalue weighted by Gasteiger charge is 2.54. The van der Waals surface area contributed by atoms with E-state index in [1.54, 1.807) is 6.07 Å². The van der Waals surface area contributed by atoms with E-state index in [0.717, 1.165) is 11.6 Å². The van der Waals surface area contributed by atoms with E-state index in [9.17, 15) is 26.7 Å². The summed E-state index contributed by atoms with van der Waals surface area (Å²) in [5, 5.41) is 9.04. The zero-order valence-electron chi connectivity index (χ0n) is 16.1. The Bertz CT molecular complexity index is 664. The number of carboxylic acids is 1. The van der Waals surface area contributed by atoms with E-state index in [0.29, 0.717) is 7.18 Å². The van der Waals surface area contributed by atoms with Gasteiger partial charge in [0, 0.05) is 5.56 Å². The standard InChI is InChI=1S/C16H16F4O3.C2H6.CH3F/c1-15(2,3)9-5-4-8-6-10(13(21)22)12(23-11(8)7-9)16(19,20)14(17)18;2*1-2/h4-7,12,14H,1-3H3,(H,21,22);1-2H3;1H3. The summed E-state index contributed by atoms with van der Waals surface area (Å²) < 4.78 is 67.1. The third-order valence-electron chi connectivity index (χ3n) is 3.61. The monoisotopic (exact) mass is 396 g/mol. The average molecular weight is 396 g/mol. The minimum atomic E-state index is -4.61. The molecule has 3 nitrogen and oxygen atoms in total. The average Bonchev–Trinajstić information content (AvgIpc) is 2.62. The van der Waals surface area contributed by atoms with Crippen molar-refractivity contribution in [3.05, 3.63) is 34.9 Å². The number of hydrogen-bond acceptors (Lipinski definition) is 2. The summed E-state index contributed by atoms with van der Waals surface area (Å²) in [7, 11) is 0.500. The molecule has 0 fully saturated rings. The number of aliphatic carboxylic acids is 1. The van der Waals surface area contributed by atoms with Crippen molar-refractivity contribution >= 4 is 12.0 Å². The minimum Gasteiger partial charge on any atom is -0.478 e.